The van der Waals surface area contributed by atoms with E-state index in [1.54, 1.807) is 42.9 Å². The number of aromatic nitrogens is 3. The van der Waals surface area contributed by atoms with Crippen LogP contribution in [0.1, 0.15) is 0 Å². The minimum atomic E-state index is -3.19. The van der Waals surface area contributed by atoms with Gasteiger partial charge in [0.05, 0.1) is 23.9 Å². The lowest BCUT2D eigenvalue weighted by atomic mass is 10.2. The van der Waals surface area contributed by atoms with E-state index in [0.717, 1.165) is 11.3 Å². The summed E-state index contributed by atoms with van der Waals surface area (Å²) < 4.78 is 30.0. The normalized spacial score (nSPS) is 11.7. The molecule has 0 aliphatic rings. The van der Waals surface area contributed by atoms with Crippen LogP contribution < -0.4 is 4.74 Å². The SMILES string of the molecule is COc1nccn2c(-c3ccc(S(C)(=O)=O)cc3)cnc12. The number of rotatable bonds is 3. The van der Waals surface area contributed by atoms with Gasteiger partial charge in [-0.3, -0.25) is 4.40 Å². The summed E-state index contributed by atoms with van der Waals surface area (Å²) in [5, 5.41) is 0. The largest absolute Gasteiger partial charge is 0.478 e. The minimum Gasteiger partial charge on any atom is -0.478 e. The van der Waals surface area contributed by atoms with Crippen LogP contribution in [0.15, 0.2) is 47.8 Å². The molecule has 0 bridgehead atoms. The van der Waals surface area contributed by atoms with Gasteiger partial charge in [0.25, 0.3) is 5.88 Å². The maximum atomic E-state index is 11.5. The highest BCUT2D eigenvalue weighted by atomic mass is 32.2. The Balaban J connectivity index is 2.13. The quantitative estimate of drug-likeness (QED) is 0.737. The summed E-state index contributed by atoms with van der Waals surface area (Å²) in [6.45, 7) is 0. The summed E-state index contributed by atoms with van der Waals surface area (Å²) >= 11 is 0. The lowest BCUT2D eigenvalue weighted by Crippen LogP contribution is -1.97. The van der Waals surface area contributed by atoms with Crippen molar-refractivity contribution >= 4 is 15.5 Å². The molecule has 3 aromatic rings. The fourth-order valence-corrected chi connectivity index (χ4v) is 2.76. The predicted molar refractivity (Wildman–Crippen MR) is 78.1 cm³/mol. The second-order valence-electron chi connectivity index (χ2n) is 4.57. The molecule has 108 valence electrons. The molecule has 0 spiro atoms. The van der Waals surface area contributed by atoms with Gasteiger partial charge < -0.3 is 4.74 Å². The molecule has 0 aliphatic heterocycles. The minimum absolute atomic E-state index is 0.291. The molecule has 6 nitrogen and oxygen atoms in total. The Bertz CT molecular complexity index is 899. The van der Waals surface area contributed by atoms with Crippen LogP contribution in [0.4, 0.5) is 0 Å². The smallest absolute Gasteiger partial charge is 0.258 e. The third-order valence-electron chi connectivity index (χ3n) is 3.17. The Morgan fingerprint density at radius 3 is 2.48 bits per heavy atom. The van der Waals surface area contributed by atoms with Crippen LogP contribution >= 0.6 is 0 Å². The fourth-order valence-electron chi connectivity index (χ4n) is 2.13. The van der Waals surface area contributed by atoms with Gasteiger partial charge in [0.2, 0.25) is 5.65 Å². The number of fused-ring (bicyclic) bond motifs is 1. The fraction of sp³-hybridized carbons (Fsp3) is 0.143. The first-order valence-electron chi connectivity index (χ1n) is 6.17. The molecule has 0 atom stereocenters. The van der Waals surface area contributed by atoms with Crippen molar-refractivity contribution in [1.29, 1.82) is 0 Å². The van der Waals surface area contributed by atoms with E-state index in [4.69, 9.17) is 4.74 Å². The summed E-state index contributed by atoms with van der Waals surface area (Å²) in [6.07, 6.45) is 6.30. The van der Waals surface area contributed by atoms with Crippen molar-refractivity contribution in [3.8, 4) is 17.1 Å². The van der Waals surface area contributed by atoms with Crippen LogP contribution in [0.2, 0.25) is 0 Å². The van der Waals surface area contributed by atoms with Crippen LogP contribution in [-0.2, 0) is 9.84 Å². The van der Waals surface area contributed by atoms with Gasteiger partial charge >= 0.3 is 0 Å². The van der Waals surface area contributed by atoms with Crippen molar-refractivity contribution in [3.63, 3.8) is 0 Å². The average molecular weight is 303 g/mol. The molecule has 7 heteroatoms. The second-order valence-corrected chi connectivity index (χ2v) is 6.59. The van der Waals surface area contributed by atoms with Crippen molar-refractivity contribution in [2.45, 2.75) is 4.90 Å². The number of methoxy groups -OCH3 is 1. The number of hydrogen-bond acceptors (Lipinski definition) is 5. The number of ether oxygens (including phenoxy) is 1. The maximum absolute atomic E-state index is 11.5. The van der Waals surface area contributed by atoms with E-state index >= 15 is 0 Å². The van der Waals surface area contributed by atoms with Gasteiger partial charge in [-0.25, -0.2) is 18.4 Å². The predicted octanol–water partition coefficient (Wildman–Crippen LogP) is 1.81. The van der Waals surface area contributed by atoms with Gasteiger partial charge in [0.15, 0.2) is 9.84 Å². The number of imidazole rings is 1. The Hall–Kier alpha value is -2.41. The number of benzene rings is 1. The average Bonchev–Trinajstić information content (AvgIpc) is 2.90. The Labute approximate surface area is 122 Å². The molecular weight excluding hydrogens is 290 g/mol. The lowest BCUT2D eigenvalue weighted by molar-refractivity contribution is 0.400. The van der Waals surface area contributed by atoms with Gasteiger partial charge in [0, 0.05) is 24.2 Å². The molecule has 21 heavy (non-hydrogen) atoms. The molecule has 0 N–H and O–H groups in total. The molecule has 0 saturated heterocycles. The Morgan fingerprint density at radius 1 is 1.14 bits per heavy atom. The summed E-state index contributed by atoms with van der Waals surface area (Å²) in [6, 6.07) is 6.68. The molecule has 2 heterocycles. The molecule has 0 unspecified atom stereocenters. The van der Waals surface area contributed by atoms with Crippen molar-refractivity contribution in [1.82, 2.24) is 14.4 Å². The highest BCUT2D eigenvalue weighted by Crippen LogP contribution is 2.25. The highest BCUT2D eigenvalue weighted by molar-refractivity contribution is 7.90. The van der Waals surface area contributed by atoms with E-state index in [2.05, 4.69) is 9.97 Å². The lowest BCUT2D eigenvalue weighted by Gasteiger charge is -2.05. The molecular formula is C14H13N3O3S. The van der Waals surface area contributed by atoms with Crippen LogP contribution in [0.25, 0.3) is 16.9 Å². The standard InChI is InChI=1S/C14H13N3O3S/c1-20-14-13-16-9-12(17(13)8-7-15-14)10-3-5-11(6-4-10)21(2,18)19/h3-9H,1-2H3. The van der Waals surface area contributed by atoms with E-state index in [1.165, 1.54) is 13.4 Å². The summed E-state index contributed by atoms with van der Waals surface area (Å²) in [4.78, 5) is 8.68. The maximum Gasteiger partial charge on any atom is 0.258 e. The number of nitrogens with zero attached hydrogens (tertiary/aromatic N) is 3. The van der Waals surface area contributed by atoms with Crippen molar-refractivity contribution in [3.05, 3.63) is 42.9 Å². The van der Waals surface area contributed by atoms with E-state index in [-0.39, 0.29) is 0 Å². The van der Waals surface area contributed by atoms with Crippen molar-refractivity contribution < 1.29 is 13.2 Å². The summed E-state index contributed by atoms with van der Waals surface area (Å²) in [5.41, 5.74) is 2.32. The van der Waals surface area contributed by atoms with Gasteiger partial charge in [0.1, 0.15) is 0 Å². The van der Waals surface area contributed by atoms with Crippen LogP contribution in [0.5, 0.6) is 5.88 Å². The topological polar surface area (TPSA) is 73.6 Å². The zero-order chi connectivity index (χ0) is 15.0. The van der Waals surface area contributed by atoms with Gasteiger partial charge in [-0.1, -0.05) is 12.1 Å². The zero-order valence-electron chi connectivity index (χ0n) is 11.5. The summed E-state index contributed by atoms with van der Waals surface area (Å²) in [7, 11) is -1.65. The van der Waals surface area contributed by atoms with Gasteiger partial charge in [-0.15, -0.1) is 0 Å². The molecule has 0 saturated carbocycles. The third-order valence-corrected chi connectivity index (χ3v) is 4.30. The number of hydrogen-bond donors (Lipinski definition) is 0. The van der Waals surface area contributed by atoms with E-state index in [1.807, 2.05) is 4.40 Å². The van der Waals surface area contributed by atoms with Crippen molar-refractivity contribution in [2.75, 3.05) is 13.4 Å². The van der Waals surface area contributed by atoms with Crippen LogP contribution in [-0.4, -0.2) is 36.2 Å². The van der Waals surface area contributed by atoms with Crippen LogP contribution in [0, 0.1) is 0 Å². The molecule has 1 aromatic carbocycles. The first-order valence-corrected chi connectivity index (χ1v) is 8.06. The molecule has 2 aromatic heterocycles. The molecule has 0 fully saturated rings. The van der Waals surface area contributed by atoms with E-state index in [9.17, 15) is 8.42 Å². The summed E-state index contributed by atoms with van der Waals surface area (Å²) in [5.74, 6) is 0.441. The third kappa shape index (κ3) is 2.36. The monoisotopic (exact) mass is 303 g/mol. The molecule has 3 rings (SSSR count). The van der Waals surface area contributed by atoms with Crippen molar-refractivity contribution in [2.24, 2.45) is 0 Å². The van der Waals surface area contributed by atoms with Crippen LogP contribution in [0.3, 0.4) is 0 Å². The second kappa shape index (κ2) is 4.85. The molecule has 0 radical (unpaired) electrons. The first-order chi connectivity index (χ1) is 10.0. The first kappa shape index (κ1) is 13.6. The Kier molecular flexibility index (Phi) is 3.13. The number of sulfone groups is 1. The van der Waals surface area contributed by atoms with Gasteiger partial charge in [-0.2, -0.15) is 0 Å². The highest BCUT2D eigenvalue weighted by Gasteiger charge is 2.12. The van der Waals surface area contributed by atoms with Gasteiger partial charge in [-0.05, 0) is 12.1 Å². The van der Waals surface area contributed by atoms with E-state index < -0.39 is 9.84 Å². The zero-order valence-corrected chi connectivity index (χ0v) is 12.3. The Morgan fingerprint density at radius 2 is 1.86 bits per heavy atom. The molecule has 0 aliphatic carbocycles. The van der Waals surface area contributed by atoms with E-state index in [0.29, 0.717) is 16.4 Å². The molecule has 0 amide bonds.